The first-order valence-corrected chi connectivity index (χ1v) is 7.62. The van der Waals surface area contributed by atoms with Gasteiger partial charge in [0.25, 0.3) is 0 Å². The minimum Gasteiger partial charge on any atom is -0.226 e. The van der Waals surface area contributed by atoms with Crippen LogP contribution in [-0.2, 0) is 0 Å². The van der Waals surface area contributed by atoms with E-state index in [2.05, 4.69) is 23.8 Å². The third-order valence-corrected chi connectivity index (χ3v) is 4.49. The molecule has 1 aliphatic rings. The van der Waals surface area contributed by atoms with Crippen LogP contribution in [-0.4, -0.2) is 15.2 Å². The third kappa shape index (κ3) is 3.85. The average Bonchev–Trinajstić information content (AvgIpc) is 2.29. The quantitative estimate of drug-likeness (QED) is 0.746. The Labute approximate surface area is 113 Å². The second kappa shape index (κ2) is 6.05. The summed E-state index contributed by atoms with van der Waals surface area (Å²) < 4.78 is 0. The van der Waals surface area contributed by atoms with Crippen LogP contribution < -0.4 is 0 Å². The van der Waals surface area contributed by atoms with E-state index in [-0.39, 0.29) is 0 Å². The van der Waals surface area contributed by atoms with E-state index in [9.17, 15) is 0 Å². The summed E-state index contributed by atoms with van der Waals surface area (Å²) in [6.45, 7) is 4.20. The molecule has 1 heterocycles. The lowest BCUT2D eigenvalue weighted by Crippen LogP contribution is -2.09. The molecule has 1 saturated carbocycles. The zero-order chi connectivity index (χ0) is 12.3. The van der Waals surface area contributed by atoms with Crippen LogP contribution in [0.3, 0.4) is 0 Å². The molecule has 1 aromatic rings. The van der Waals surface area contributed by atoms with Crippen LogP contribution >= 0.6 is 23.4 Å². The summed E-state index contributed by atoms with van der Waals surface area (Å²) in [6.07, 6.45) is 6.71. The van der Waals surface area contributed by atoms with Crippen molar-refractivity contribution in [1.29, 1.82) is 0 Å². The molecule has 0 amide bonds. The number of halogens is 1. The molecule has 94 valence electrons. The Morgan fingerprint density at radius 3 is 2.59 bits per heavy atom. The van der Waals surface area contributed by atoms with Crippen LogP contribution in [0.25, 0.3) is 0 Å². The average molecular weight is 271 g/mol. The summed E-state index contributed by atoms with van der Waals surface area (Å²) in [5.74, 6) is 1.19. The Morgan fingerprint density at radius 2 is 1.94 bits per heavy atom. The molecule has 0 bridgehead atoms. The van der Waals surface area contributed by atoms with Crippen molar-refractivity contribution in [3.8, 4) is 0 Å². The Kier molecular flexibility index (Phi) is 4.69. The molecule has 2 nitrogen and oxygen atoms in total. The third-order valence-electron chi connectivity index (χ3n) is 3.04. The summed E-state index contributed by atoms with van der Waals surface area (Å²) in [6, 6.07) is 1.90. The Bertz CT molecular complexity index is 376. The zero-order valence-electron chi connectivity index (χ0n) is 10.4. The number of aromatic nitrogens is 2. The summed E-state index contributed by atoms with van der Waals surface area (Å²) in [4.78, 5) is 8.86. The fourth-order valence-electron chi connectivity index (χ4n) is 2.09. The molecule has 0 radical (unpaired) electrons. The largest absolute Gasteiger partial charge is 0.226 e. The number of hydrogen-bond donors (Lipinski definition) is 0. The number of rotatable bonds is 3. The van der Waals surface area contributed by atoms with Crippen LogP contribution in [0.15, 0.2) is 11.1 Å². The first-order valence-electron chi connectivity index (χ1n) is 6.36. The SMILES string of the molecule is CC(C)c1nc(Cl)cc(SC2CCCCC2)n1. The second-order valence-electron chi connectivity index (χ2n) is 4.92. The Hall–Kier alpha value is -0.280. The van der Waals surface area contributed by atoms with Gasteiger partial charge in [0.1, 0.15) is 16.0 Å². The van der Waals surface area contributed by atoms with Crippen molar-refractivity contribution in [2.75, 3.05) is 0 Å². The highest BCUT2D eigenvalue weighted by Gasteiger charge is 2.16. The van der Waals surface area contributed by atoms with Gasteiger partial charge in [-0.2, -0.15) is 0 Å². The van der Waals surface area contributed by atoms with E-state index in [1.54, 1.807) is 0 Å². The van der Waals surface area contributed by atoms with E-state index in [0.717, 1.165) is 16.1 Å². The molecular formula is C13H19ClN2S. The lowest BCUT2D eigenvalue weighted by Gasteiger charge is -2.20. The van der Waals surface area contributed by atoms with Gasteiger partial charge in [0, 0.05) is 17.2 Å². The normalized spacial score (nSPS) is 17.6. The molecule has 4 heteroatoms. The molecule has 1 aliphatic carbocycles. The van der Waals surface area contributed by atoms with Crippen LogP contribution in [0.2, 0.25) is 5.15 Å². The van der Waals surface area contributed by atoms with Crippen LogP contribution in [0.1, 0.15) is 57.7 Å². The van der Waals surface area contributed by atoms with Gasteiger partial charge >= 0.3 is 0 Å². The highest BCUT2D eigenvalue weighted by atomic mass is 35.5. The standard InChI is InChI=1S/C13H19ClN2S/c1-9(2)13-15-11(14)8-12(16-13)17-10-6-4-3-5-7-10/h8-10H,3-7H2,1-2H3. The van der Waals surface area contributed by atoms with Gasteiger partial charge in [-0.25, -0.2) is 9.97 Å². The first-order chi connectivity index (χ1) is 8.15. The van der Waals surface area contributed by atoms with Gasteiger partial charge in [-0.1, -0.05) is 44.7 Å². The van der Waals surface area contributed by atoms with Gasteiger partial charge in [-0.05, 0) is 12.8 Å². The predicted octanol–water partition coefficient (Wildman–Crippen LogP) is 4.68. The second-order valence-corrected chi connectivity index (χ2v) is 6.63. The molecule has 0 atom stereocenters. The van der Waals surface area contributed by atoms with E-state index in [0.29, 0.717) is 11.1 Å². The Balaban J connectivity index is 2.09. The summed E-state index contributed by atoms with van der Waals surface area (Å²) in [5.41, 5.74) is 0. The van der Waals surface area contributed by atoms with Crippen molar-refractivity contribution in [2.24, 2.45) is 0 Å². The van der Waals surface area contributed by atoms with Crippen LogP contribution in [0.5, 0.6) is 0 Å². The topological polar surface area (TPSA) is 25.8 Å². The van der Waals surface area contributed by atoms with Gasteiger partial charge in [0.15, 0.2) is 0 Å². The van der Waals surface area contributed by atoms with Gasteiger partial charge in [-0.15, -0.1) is 11.8 Å². The number of nitrogens with zero attached hydrogens (tertiary/aromatic N) is 2. The molecular weight excluding hydrogens is 252 g/mol. The fourth-order valence-corrected chi connectivity index (χ4v) is 3.58. The molecule has 1 aromatic heterocycles. The van der Waals surface area contributed by atoms with Crippen molar-refractivity contribution in [1.82, 2.24) is 9.97 Å². The lowest BCUT2D eigenvalue weighted by molar-refractivity contribution is 0.515. The van der Waals surface area contributed by atoms with Crippen molar-refractivity contribution < 1.29 is 0 Å². The summed E-state index contributed by atoms with van der Waals surface area (Å²) >= 11 is 7.92. The van der Waals surface area contributed by atoms with Gasteiger partial charge < -0.3 is 0 Å². The Morgan fingerprint density at radius 1 is 1.24 bits per heavy atom. The van der Waals surface area contributed by atoms with Crippen molar-refractivity contribution in [3.05, 3.63) is 17.0 Å². The minimum absolute atomic E-state index is 0.333. The summed E-state index contributed by atoms with van der Waals surface area (Å²) in [5, 5.41) is 2.33. The molecule has 0 N–H and O–H groups in total. The van der Waals surface area contributed by atoms with Gasteiger partial charge in [0.05, 0.1) is 0 Å². The lowest BCUT2D eigenvalue weighted by atomic mass is 10.0. The highest BCUT2D eigenvalue weighted by molar-refractivity contribution is 7.99. The molecule has 17 heavy (non-hydrogen) atoms. The monoisotopic (exact) mass is 270 g/mol. The van der Waals surface area contributed by atoms with Crippen LogP contribution in [0.4, 0.5) is 0 Å². The maximum absolute atomic E-state index is 6.05. The maximum atomic E-state index is 6.05. The fraction of sp³-hybridized carbons (Fsp3) is 0.692. The molecule has 0 unspecified atom stereocenters. The van der Waals surface area contributed by atoms with E-state index < -0.39 is 0 Å². The van der Waals surface area contributed by atoms with Crippen molar-refractivity contribution >= 4 is 23.4 Å². The van der Waals surface area contributed by atoms with Gasteiger partial charge in [-0.3, -0.25) is 0 Å². The molecule has 0 aromatic carbocycles. The first kappa shape index (κ1) is 13.2. The molecule has 0 spiro atoms. The smallest absolute Gasteiger partial charge is 0.133 e. The number of thioether (sulfide) groups is 1. The van der Waals surface area contributed by atoms with Crippen molar-refractivity contribution in [2.45, 2.75) is 62.1 Å². The van der Waals surface area contributed by atoms with E-state index in [1.165, 1.54) is 32.1 Å². The number of hydrogen-bond acceptors (Lipinski definition) is 3. The maximum Gasteiger partial charge on any atom is 0.133 e. The van der Waals surface area contributed by atoms with Crippen LogP contribution in [0, 0.1) is 0 Å². The molecule has 2 rings (SSSR count). The highest BCUT2D eigenvalue weighted by Crippen LogP contribution is 2.33. The molecule has 0 aliphatic heterocycles. The predicted molar refractivity (Wildman–Crippen MR) is 73.9 cm³/mol. The molecule has 0 saturated heterocycles. The van der Waals surface area contributed by atoms with E-state index in [4.69, 9.17) is 11.6 Å². The zero-order valence-corrected chi connectivity index (χ0v) is 12.0. The van der Waals surface area contributed by atoms with Gasteiger partial charge in [0.2, 0.25) is 0 Å². The van der Waals surface area contributed by atoms with Crippen molar-refractivity contribution in [3.63, 3.8) is 0 Å². The van der Waals surface area contributed by atoms with E-state index >= 15 is 0 Å². The molecule has 1 fully saturated rings. The van der Waals surface area contributed by atoms with E-state index in [1.807, 2.05) is 17.8 Å². The minimum atomic E-state index is 0.333. The summed E-state index contributed by atoms with van der Waals surface area (Å²) in [7, 11) is 0.